The van der Waals surface area contributed by atoms with Gasteiger partial charge in [-0.3, -0.25) is 4.79 Å². The van der Waals surface area contributed by atoms with Crippen LogP contribution in [-0.2, 0) is 5.60 Å². The SMILES string of the molecule is CCCCCCCCCCCCC1(c2ccccc2)CC(=O)c2ccccc2O1. The molecule has 0 bridgehead atoms. The number of ketones is 1. The van der Waals surface area contributed by atoms with Crippen molar-refractivity contribution in [2.75, 3.05) is 0 Å². The Bertz CT molecular complexity index is 752. The molecular formula is C27H36O2. The van der Waals surface area contributed by atoms with Gasteiger partial charge in [-0.25, -0.2) is 0 Å². The van der Waals surface area contributed by atoms with E-state index in [1.807, 2.05) is 42.5 Å². The standard InChI is InChI=1S/C27H36O2/c1-2-3-4-5-6-7-8-9-10-16-21-27(23-17-12-11-13-18-23)22-25(28)24-19-14-15-20-26(24)29-27/h11-15,17-20H,2-10,16,21-22H2,1H3. The van der Waals surface area contributed by atoms with E-state index < -0.39 is 5.60 Å². The predicted molar refractivity (Wildman–Crippen MR) is 121 cm³/mol. The average molecular weight is 393 g/mol. The van der Waals surface area contributed by atoms with Gasteiger partial charge in [0.15, 0.2) is 5.78 Å². The molecule has 2 nitrogen and oxygen atoms in total. The maximum atomic E-state index is 12.9. The van der Waals surface area contributed by atoms with Gasteiger partial charge < -0.3 is 4.74 Å². The molecule has 2 aromatic carbocycles. The highest BCUT2D eigenvalue weighted by atomic mass is 16.5. The number of benzene rings is 2. The van der Waals surface area contributed by atoms with Crippen molar-refractivity contribution in [3.63, 3.8) is 0 Å². The smallest absolute Gasteiger partial charge is 0.170 e. The fourth-order valence-electron chi connectivity index (χ4n) is 4.47. The van der Waals surface area contributed by atoms with Crippen LogP contribution in [0.15, 0.2) is 54.6 Å². The van der Waals surface area contributed by atoms with Crippen LogP contribution < -0.4 is 4.74 Å². The largest absolute Gasteiger partial charge is 0.481 e. The molecule has 0 saturated carbocycles. The first kappa shape index (κ1) is 21.6. The van der Waals surface area contributed by atoms with Crippen LogP contribution in [-0.4, -0.2) is 5.78 Å². The van der Waals surface area contributed by atoms with Crippen molar-refractivity contribution in [3.8, 4) is 5.75 Å². The Labute approximate surface area is 176 Å². The number of carbonyl (C=O) groups is 1. The number of hydrogen-bond donors (Lipinski definition) is 0. The fourth-order valence-corrected chi connectivity index (χ4v) is 4.47. The Balaban J connectivity index is 1.54. The Morgan fingerprint density at radius 3 is 2.03 bits per heavy atom. The van der Waals surface area contributed by atoms with Crippen molar-refractivity contribution in [3.05, 3.63) is 65.7 Å². The first-order valence-corrected chi connectivity index (χ1v) is 11.6. The molecule has 1 atom stereocenters. The van der Waals surface area contributed by atoms with Gasteiger partial charge in [-0.15, -0.1) is 0 Å². The number of para-hydroxylation sites is 1. The zero-order chi connectivity index (χ0) is 20.4. The number of carbonyl (C=O) groups excluding carboxylic acids is 1. The van der Waals surface area contributed by atoms with E-state index in [4.69, 9.17) is 4.74 Å². The van der Waals surface area contributed by atoms with Crippen LogP contribution >= 0.6 is 0 Å². The second-order valence-electron chi connectivity index (χ2n) is 8.49. The minimum absolute atomic E-state index is 0.197. The van der Waals surface area contributed by atoms with Crippen LogP contribution in [0.3, 0.4) is 0 Å². The summed E-state index contributed by atoms with van der Waals surface area (Å²) in [5, 5.41) is 0. The van der Waals surface area contributed by atoms with Gasteiger partial charge >= 0.3 is 0 Å². The zero-order valence-corrected chi connectivity index (χ0v) is 18.0. The summed E-state index contributed by atoms with van der Waals surface area (Å²) >= 11 is 0. The summed E-state index contributed by atoms with van der Waals surface area (Å²) in [6, 6.07) is 18.0. The minimum Gasteiger partial charge on any atom is -0.481 e. The van der Waals surface area contributed by atoms with Crippen molar-refractivity contribution in [2.45, 2.75) is 89.6 Å². The third kappa shape index (κ3) is 5.95. The van der Waals surface area contributed by atoms with E-state index in [2.05, 4.69) is 19.1 Å². The average Bonchev–Trinajstić information content (AvgIpc) is 2.76. The maximum absolute atomic E-state index is 12.9. The summed E-state index contributed by atoms with van der Waals surface area (Å²) in [7, 11) is 0. The van der Waals surface area contributed by atoms with E-state index in [1.54, 1.807) is 0 Å². The number of rotatable bonds is 12. The lowest BCUT2D eigenvalue weighted by atomic mass is 9.80. The number of fused-ring (bicyclic) bond motifs is 1. The lowest BCUT2D eigenvalue weighted by Gasteiger charge is -2.38. The van der Waals surface area contributed by atoms with Gasteiger partial charge in [-0.2, -0.15) is 0 Å². The second-order valence-corrected chi connectivity index (χ2v) is 8.49. The predicted octanol–water partition coefficient (Wildman–Crippen LogP) is 7.86. The molecule has 0 saturated heterocycles. The van der Waals surface area contributed by atoms with Crippen molar-refractivity contribution >= 4 is 5.78 Å². The van der Waals surface area contributed by atoms with E-state index in [0.29, 0.717) is 6.42 Å². The summed E-state index contributed by atoms with van der Waals surface area (Å²) in [5.41, 5.74) is 1.33. The van der Waals surface area contributed by atoms with Gasteiger partial charge in [0.05, 0.1) is 12.0 Å². The van der Waals surface area contributed by atoms with Crippen molar-refractivity contribution in [1.29, 1.82) is 0 Å². The van der Waals surface area contributed by atoms with E-state index in [1.165, 1.54) is 57.8 Å². The van der Waals surface area contributed by atoms with Crippen LogP contribution in [0.25, 0.3) is 0 Å². The quantitative estimate of drug-likeness (QED) is 0.344. The van der Waals surface area contributed by atoms with Crippen molar-refractivity contribution < 1.29 is 9.53 Å². The van der Waals surface area contributed by atoms with Crippen LogP contribution in [0.2, 0.25) is 0 Å². The first-order chi connectivity index (χ1) is 14.2. The molecule has 0 aliphatic carbocycles. The summed E-state index contributed by atoms with van der Waals surface area (Å²) in [6.07, 6.45) is 14.5. The minimum atomic E-state index is -0.521. The second kappa shape index (κ2) is 11.2. The van der Waals surface area contributed by atoms with Gasteiger partial charge in [-0.1, -0.05) is 107 Å². The van der Waals surface area contributed by atoms with E-state index in [-0.39, 0.29) is 5.78 Å². The summed E-state index contributed by atoms with van der Waals surface area (Å²) < 4.78 is 6.54. The Kier molecular flexibility index (Phi) is 8.34. The molecule has 156 valence electrons. The molecule has 0 fully saturated rings. The highest BCUT2D eigenvalue weighted by molar-refractivity contribution is 6.00. The molecule has 2 aromatic rings. The monoisotopic (exact) mass is 392 g/mol. The summed E-state index contributed by atoms with van der Waals surface area (Å²) in [5.74, 6) is 0.933. The third-order valence-electron chi connectivity index (χ3n) is 6.17. The van der Waals surface area contributed by atoms with Crippen LogP contribution in [0.5, 0.6) is 5.75 Å². The van der Waals surface area contributed by atoms with Crippen molar-refractivity contribution in [2.24, 2.45) is 0 Å². The Morgan fingerprint density at radius 1 is 0.759 bits per heavy atom. The lowest BCUT2D eigenvalue weighted by Crippen LogP contribution is -2.39. The number of Topliss-reactive ketones (excluding diaryl/α,β-unsaturated/α-hetero) is 1. The zero-order valence-electron chi connectivity index (χ0n) is 18.0. The lowest BCUT2D eigenvalue weighted by molar-refractivity contribution is 0.0296. The molecule has 0 aromatic heterocycles. The van der Waals surface area contributed by atoms with Crippen LogP contribution in [0.1, 0.15) is 99.9 Å². The molecular weight excluding hydrogens is 356 g/mol. The Morgan fingerprint density at radius 2 is 1.34 bits per heavy atom. The van der Waals surface area contributed by atoms with Gasteiger partial charge in [0.25, 0.3) is 0 Å². The van der Waals surface area contributed by atoms with E-state index >= 15 is 0 Å². The topological polar surface area (TPSA) is 26.3 Å². The highest BCUT2D eigenvalue weighted by Crippen LogP contribution is 2.42. The number of ether oxygens (including phenoxy) is 1. The molecule has 3 rings (SSSR count). The van der Waals surface area contributed by atoms with Gasteiger partial charge in [-0.05, 0) is 30.5 Å². The summed E-state index contributed by atoms with van der Waals surface area (Å²) in [6.45, 7) is 2.27. The number of unbranched alkanes of at least 4 members (excludes halogenated alkanes) is 9. The maximum Gasteiger partial charge on any atom is 0.170 e. The molecule has 1 aliphatic rings. The Hall–Kier alpha value is -2.09. The van der Waals surface area contributed by atoms with Gasteiger partial charge in [0, 0.05) is 0 Å². The van der Waals surface area contributed by atoms with Gasteiger partial charge in [0.2, 0.25) is 0 Å². The third-order valence-corrected chi connectivity index (χ3v) is 6.17. The van der Waals surface area contributed by atoms with Crippen molar-refractivity contribution in [1.82, 2.24) is 0 Å². The first-order valence-electron chi connectivity index (χ1n) is 11.6. The molecule has 1 unspecified atom stereocenters. The molecule has 1 heterocycles. The number of hydrogen-bond acceptors (Lipinski definition) is 2. The highest BCUT2D eigenvalue weighted by Gasteiger charge is 2.41. The molecule has 1 aliphatic heterocycles. The van der Waals surface area contributed by atoms with Crippen LogP contribution in [0.4, 0.5) is 0 Å². The van der Waals surface area contributed by atoms with Gasteiger partial charge in [0.1, 0.15) is 11.4 Å². The van der Waals surface area contributed by atoms with Crippen LogP contribution in [0, 0.1) is 0 Å². The molecule has 0 N–H and O–H groups in total. The molecule has 0 amide bonds. The normalized spacial score (nSPS) is 18.3. The van der Waals surface area contributed by atoms with E-state index in [0.717, 1.165) is 29.7 Å². The van der Waals surface area contributed by atoms with E-state index in [9.17, 15) is 4.79 Å². The fraction of sp³-hybridized carbons (Fsp3) is 0.519. The molecule has 0 radical (unpaired) electrons. The molecule has 29 heavy (non-hydrogen) atoms. The summed E-state index contributed by atoms with van der Waals surface area (Å²) in [4.78, 5) is 12.9. The molecule has 2 heteroatoms. The molecule has 0 spiro atoms.